The molecule has 0 bridgehead atoms. The molecule has 156 valence electrons. The van der Waals surface area contributed by atoms with E-state index in [0.717, 1.165) is 5.56 Å². The number of ether oxygens (including phenoxy) is 1. The topological polar surface area (TPSA) is 58.6 Å². The zero-order valence-electron chi connectivity index (χ0n) is 16.3. The molecule has 0 fully saturated rings. The van der Waals surface area contributed by atoms with Crippen molar-refractivity contribution in [1.82, 2.24) is 10.2 Å². The molecule has 0 aliphatic rings. The summed E-state index contributed by atoms with van der Waals surface area (Å²) < 4.78 is 5.63. The summed E-state index contributed by atoms with van der Waals surface area (Å²) in [6, 6.07) is 11.5. The first kappa shape index (κ1) is 23.3. The van der Waals surface area contributed by atoms with Crippen molar-refractivity contribution in [2.75, 3.05) is 13.7 Å². The Balaban J connectivity index is 2.00. The molecule has 0 saturated heterocycles. The monoisotopic (exact) mass is 456 g/mol. The van der Waals surface area contributed by atoms with Crippen LogP contribution in [-0.2, 0) is 16.1 Å². The van der Waals surface area contributed by atoms with Crippen molar-refractivity contribution in [3.05, 3.63) is 63.1 Å². The fourth-order valence-corrected chi connectivity index (χ4v) is 3.31. The van der Waals surface area contributed by atoms with Gasteiger partial charge in [0.2, 0.25) is 11.8 Å². The van der Waals surface area contributed by atoms with Gasteiger partial charge in [-0.3, -0.25) is 9.59 Å². The van der Waals surface area contributed by atoms with Crippen LogP contribution in [0.3, 0.4) is 0 Å². The van der Waals surface area contributed by atoms with E-state index in [-0.39, 0.29) is 24.8 Å². The lowest BCUT2D eigenvalue weighted by Gasteiger charge is -2.28. The molecule has 8 heteroatoms. The van der Waals surface area contributed by atoms with E-state index in [1.807, 2.05) is 0 Å². The molecule has 1 N–H and O–H groups in total. The fourth-order valence-electron chi connectivity index (χ4n) is 2.71. The third kappa shape index (κ3) is 7.11. The van der Waals surface area contributed by atoms with Crippen LogP contribution in [0.25, 0.3) is 0 Å². The second kappa shape index (κ2) is 11.3. The molecule has 0 saturated carbocycles. The smallest absolute Gasteiger partial charge is 0.242 e. The second-order valence-corrected chi connectivity index (χ2v) is 7.73. The molecule has 0 aliphatic heterocycles. The molecule has 5 nitrogen and oxygen atoms in total. The number of likely N-dealkylation sites (N-methyl/N-ethyl adjacent to an activating group) is 1. The van der Waals surface area contributed by atoms with E-state index in [0.29, 0.717) is 33.8 Å². The quantitative estimate of drug-likeness (QED) is 0.541. The van der Waals surface area contributed by atoms with E-state index < -0.39 is 6.04 Å². The highest BCUT2D eigenvalue weighted by molar-refractivity contribution is 6.35. The van der Waals surface area contributed by atoms with Crippen LogP contribution in [0.1, 0.15) is 25.3 Å². The van der Waals surface area contributed by atoms with Crippen molar-refractivity contribution in [2.24, 2.45) is 0 Å². The van der Waals surface area contributed by atoms with Crippen LogP contribution in [0.15, 0.2) is 42.5 Å². The summed E-state index contributed by atoms with van der Waals surface area (Å²) in [7, 11) is 1.54. The van der Waals surface area contributed by atoms with Gasteiger partial charge in [-0.25, -0.2) is 0 Å². The van der Waals surface area contributed by atoms with Crippen molar-refractivity contribution >= 4 is 46.6 Å². The normalized spacial score (nSPS) is 11.6. The lowest BCUT2D eigenvalue weighted by molar-refractivity contribution is -0.140. The minimum absolute atomic E-state index is 0.160. The summed E-state index contributed by atoms with van der Waals surface area (Å²) in [4.78, 5) is 26.5. The Morgan fingerprint density at radius 3 is 2.34 bits per heavy atom. The minimum Gasteiger partial charge on any atom is -0.494 e. The Kier molecular flexibility index (Phi) is 9.08. The standard InChI is InChI=1S/C21H23Cl3N2O3/c1-14(21(28)25-2)26(13-15-5-6-17(23)12-19(15)24)20(27)4-3-11-29-18-9-7-16(22)8-10-18/h5-10,12,14H,3-4,11,13H2,1-2H3,(H,25,28). The first-order valence-electron chi connectivity index (χ1n) is 9.15. The van der Waals surface area contributed by atoms with Gasteiger partial charge in [0, 0.05) is 35.1 Å². The van der Waals surface area contributed by atoms with Gasteiger partial charge in [-0.05, 0) is 55.3 Å². The van der Waals surface area contributed by atoms with Gasteiger partial charge in [-0.2, -0.15) is 0 Å². The van der Waals surface area contributed by atoms with Gasteiger partial charge in [0.25, 0.3) is 0 Å². The van der Waals surface area contributed by atoms with Crippen LogP contribution in [-0.4, -0.2) is 36.4 Å². The lowest BCUT2D eigenvalue weighted by Crippen LogP contribution is -2.46. The summed E-state index contributed by atoms with van der Waals surface area (Å²) in [6.45, 7) is 2.27. The summed E-state index contributed by atoms with van der Waals surface area (Å²) in [6.07, 6.45) is 0.743. The molecule has 0 spiro atoms. The Bertz CT molecular complexity index is 844. The van der Waals surface area contributed by atoms with Crippen molar-refractivity contribution in [1.29, 1.82) is 0 Å². The van der Waals surface area contributed by atoms with Crippen LogP contribution in [0.4, 0.5) is 0 Å². The highest BCUT2D eigenvalue weighted by Crippen LogP contribution is 2.23. The minimum atomic E-state index is -0.642. The number of hydrogen-bond acceptors (Lipinski definition) is 3. The Hall–Kier alpha value is -1.95. The van der Waals surface area contributed by atoms with Crippen LogP contribution in [0.5, 0.6) is 5.75 Å². The molecule has 0 aromatic heterocycles. The lowest BCUT2D eigenvalue weighted by atomic mass is 10.1. The second-order valence-electron chi connectivity index (χ2n) is 6.45. The molecule has 0 aliphatic carbocycles. The largest absolute Gasteiger partial charge is 0.494 e. The first-order chi connectivity index (χ1) is 13.8. The average molecular weight is 458 g/mol. The van der Waals surface area contributed by atoms with Crippen molar-refractivity contribution in [2.45, 2.75) is 32.4 Å². The average Bonchev–Trinajstić information content (AvgIpc) is 2.70. The van der Waals surface area contributed by atoms with Crippen LogP contribution >= 0.6 is 34.8 Å². The molecular formula is C21H23Cl3N2O3. The Morgan fingerprint density at radius 1 is 1.07 bits per heavy atom. The number of amides is 2. The van der Waals surface area contributed by atoms with Gasteiger partial charge in [0.1, 0.15) is 11.8 Å². The molecule has 29 heavy (non-hydrogen) atoms. The summed E-state index contributed by atoms with van der Waals surface area (Å²) in [5.74, 6) is 0.276. The molecular weight excluding hydrogens is 435 g/mol. The first-order valence-corrected chi connectivity index (χ1v) is 10.3. The van der Waals surface area contributed by atoms with Gasteiger partial charge in [0.15, 0.2) is 0 Å². The maximum Gasteiger partial charge on any atom is 0.242 e. The van der Waals surface area contributed by atoms with E-state index in [2.05, 4.69) is 5.32 Å². The number of nitrogens with one attached hydrogen (secondary N) is 1. The molecule has 2 rings (SSSR count). The number of rotatable bonds is 9. The van der Waals surface area contributed by atoms with E-state index >= 15 is 0 Å². The molecule has 2 aromatic carbocycles. The highest BCUT2D eigenvalue weighted by atomic mass is 35.5. The number of hydrogen-bond donors (Lipinski definition) is 1. The van der Waals surface area contributed by atoms with Gasteiger partial charge >= 0.3 is 0 Å². The molecule has 2 aromatic rings. The SMILES string of the molecule is CNC(=O)C(C)N(Cc1ccc(Cl)cc1Cl)C(=O)CCCOc1ccc(Cl)cc1. The predicted molar refractivity (Wildman–Crippen MR) is 117 cm³/mol. The molecule has 1 atom stereocenters. The van der Waals surface area contributed by atoms with Gasteiger partial charge < -0.3 is 15.0 Å². The van der Waals surface area contributed by atoms with E-state index in [1.54, 1.807) is 49.4 Å². The third-order valence-electron chi connectivity index (χ3n) is 4.39. The van der Waals surface area contributed by atoms with E-state index in [1.165, 1.54) is 11.9 Å². The zero-order chi connectivity index (χ0) is 21.4. The number of carbonyl (C=O) groups excluding carboxylic acids is 2. The number of carbonyl (C=O) groups is 2. The van der Waals surface area contributed by atoms with Gasteiger partial charge in [-0.15, -0.1) is 0 Å². The van der Waals surface area contributed by atoms with E-state index in [9.17, 15) is 9.59 Å². The fraction of sp³-hybridized carbons (Fsp3) is 0.333. The molecule has 1 unspecified atom stereocenters. The summed E-state index contributed by atoms with van der Waals surface area (Å²) in [5, 5.41) is 4.17. The summed E-state index contributed by atoms with van der Waals surface area (Å²) >= 11 is 18.0. The van der Waals surface area contributed by atoms with Gasteiger partial charge in [-0.1, -0.05) is 40.9 Å². The maximum atomic E-state index is 12.8. The van der Waals surface area contributed by atoms with Crippen molar-refractivity contribution < 1.29 is 14.3 Å². The summed E-state index contributed by atoms with van der Waals surface area (Å²) in [5.41, 5.74) is 0.720. The number of benzene rings is 2. The van der Waals surface area contributed by atoms with Gasteiger partial charge in [0.05, 0.1) is 6.61 Å². The van der Waals surface area contributed by atoms with Crippen LogP contribution < -0.4 is 10.1 Å². The van der Waals surface area contributed by atoms with Crippen LogP contribution in [0.2, 0.25) is 15.1 Å². The van der Waals surface area contributed by atoms with E-state index in [4.69, 9.17) is 39.5 Å². The molecule has 0 radical (unpaired) electrons. The number of nitrogens with zero attached hydrogens (tertiary/aromatic N) is 1. The number of halogens is 3. The maximum absolute atomic E-state index is 12.8. The van der Waals surface area contributed by atoms with Crippen molar-refractivity contribution in [3.8, 4) is 5.75 Å². The van der Waals surface area contributed by atoms with Crippen molar-refractivity contribution in [3.63, 3.8) is 0 Å². The Morgan fingerprint density at radius 2 is 1.72 bits per heavy atom. The Labute approximate surface area is 185 Å². The molecule has 0 heterocycles. The zero-order valence-corrected chi connectivity index (χ0v) is 18.5. The highest BCUT2D eigenvalue weighted by Gasteiger charge is 2.25. The predicted octanol–water partition coefficient (Wildman–Crippen LogP) is 4.97. The third-order valence-corrected chi connectivity index (χ3v) is 5.23. The molecule has 2 amide bonds. The van der Waals surface area contributed by atoms with Crippen LogP contribution in [0, 0.1) is 0 Å².